The molecule has 0 N–H and O–H groups in total. The van der Waals surface area contributed by atoms with E-state index in [1.807, 2.05) is 6.07 Å². The van der Waals surface area contributed by atoms with Crippen LogP contribution >= 0.6 is 34.8 Å². The molecule has 1 aromatic heterocycles. The van der Waals surface area contributed by atoms with Gasteiger partial charge in [-0.25, -0.2) is 4.98 Å². The molecule has 0 fully saturated rings. The van der Waals surface area contributed by atoms with Gasteiger partial charge in [0.2, 0.25) is 0 Å². The van der Waals surface area contributed by atoms with E-state index < -0.39 is 10.8 Å². The zero-order valence-corrected chi connectivity index (χ0v) is 12.5. The van der Waals surface area contributed by atoms with Gasteiger partial charge in [0, 0.05) is 16.1 Å². The van der Waals surface area contributed by atoms with Crippen molar-refractivity contribution >= 4 is 40.5 Å². The highest BCUT2D eigenvalue weighted by atomic mass is 35.5. The van der Waals surface area contributed by atoms with E-state index in [1.165, 1.54) is 24.3 Å². The lowest BCUT2D eigenvalue weighted by atomic mass is 9.95. The standard InChI is InChI=1S/C13H6Cl3N3O2/c14-7-1-2-10(15)8(5-7)9(6-17)13-11(19(20)21)3-4-12(16)18-13/h1-5,9H. The quantitative estimate of drug-likeness (QED) is 0.463. The SMILES string of the molecule is N#CC(c1cc(Cl)ccc1Cl)c1nc(Cl)ccc1[N+](=O)[O-]. The van der Waals surface area contributed by atoms with E-state index in [-0.39, 0.29) is 21.6 Å². The van der Waals surface area contributed by atoms with Gasteiger partial charge in [0.25, 0.3) is 5.69 Å². The number of hydrogen-bond acceptors (Lipinski definition) is 4. The van der Waals surface area contributed by atoms with Crippen LogP contribution in [-0.2, 0) is 0 Å². The highest BCUT2D eigenvalue weighted by molar-refractivity contribution is 6.33. The van der Waals surface area contributed by atoms with Crippen molar-refractivity contribution < 1.29 is 4.92 Å². The van der Waals surface area contributed by atoms with E-state index in [4.69, 9.17) is 34.8 Å². The maximum atomic E-state index is 11.1. The fourth-order valence-electron chi connectivity index (χ4n) is 1.82. The fourth-order valence-corrected chi connectivity index (χ4v) is 2.38. The Morgan fingerprint density at radius 3 is 2.57 bits per heavy atom. The van der Waals surface area contributed by atoms with Crippen LogP contribution in [0.2, 0.25) is 15.2 Å². The molecule has 0 aliphatic rings. The molecular formula is C13H6Cl3N3O2. The van der Waals surface area contributed by atoms with E-state index in [0.717, 1.165) is 0 Å². The molecule has 0 amide bonds. The Bertz CT molecular complexity index is 759. The number of halogens is 3. The number of hydrogen-bond donors (Lipinski definition) is 0. The first-order valence-electron chi connectivity index (χ1n) is 5.59. The van der Waals surface area contributed by atoms with Gasteiger partial charge in [0.15, 0.2) is 0 Å². The average Bonchev–Trinajstić information content (AvgIpc) is 2.43. The van der Waals surface area contributed by atoms with Crippen molar-refractivity contribution in [3.05, 3.63) is 66.9 Å². The summed E-state index contributed by atoms with van der Waals surface area (Å²) in [5, 5.41) is 21.2. The van der Waals surface area contributed by atoms with Crippen LogP contribution in [-0.4, -0.2) is 9.91 Å². The number of pyridine rings is 1. The second kappa shape index (κ2) is 6.27. The molecule has 1 aromatic carbocycles. The van der Waals surface area contributed by atoms with Crippen molar-refractivity contribution in [2.24, 2.45) is 0 Å². The molecule has 2 aromatic rings. The molecule has 1 unspecified atom stereocenters. The summed E-state index contributed by atoms with van der Waals surface area (Å²) in [6.45, 7) is 0. The van der Waals surface area contributed by atoms with Gasteiger partial charge in [0.05, 0.1) is 11.0 Å². The summed E-state index contributed by atoms with van der Waals surface area (Å²) in [5.41, 5.74) is -0.0364. The molecule has 106 valence electrons. The molecule has 0 saturated heterocycles. The highest BCUT2D eigenvalue weighted by Gasteiger charge is 2.27. The van der Waals surface area contributed by atoms with E-state index in [1.54, 1.807) is 6.07 Å². The molecular weight excluding hydrogens is 337 g/mol. The van der Waals surface area contributed by atoms with Crippen LogP contribution in [0.1, 0.15) is 17.2 Å². The van der Waals surface area contributed by atoms with E-state index in [0.29, 0.717) is 10.6 Å². The summed E-state index contributed by atoms with van der Waals surface area (Å²) in [6, 6.07) is 8.99. The number of aromatic nitrogens is 1. The van der Waals surface area contributed by atoms with E-state index >= 15 is 0 Å². The molecule has 2 rings (SSSR count). The van der Waals surface area contributed by atoms with Crippen molar-refractivity contribution in [3.8, 4) is 6.07 Å². The Labute approximate surface area is 134 Å². The minimum atomic E-state index is -1.05. The molecule has 0 bridgehead atoms. The number of nitriles is 1. The minimum Gasteiger partial charge on any atom is -0.258 e. The molecule has 1 heterocycles. The van der Waals surface area contributed by atoms with Crippen LogP contribution in [0.4, 0.5) is 5.69 Å². The van der Waals surface area contributed by atoms with E-state index in [9.17, 15) is 15.4 Å². The normalized spacial score (nSPS) is 11.7. The van der Waals surface area contributed by atoms with Gasteiger partial charge < -0.3 is 0 Å². The molecule has 0 aliphatic heterocycles. The third-order valence-electron chi connectivity index (χ3n) is 2.74. The van der Waals surface area contributed by atoms with Gasteiger partial charge in [-0.1, -0.05) is 34.8 Å². The van der Waals surface area contributed by atoms with Crippen molar-refractivity contribution in [1.82, 2.24) is 4.98 Å². The Kier molecular flexibility index (Phi) is 4.63. The van der Waals surface area contributed by atoms with E-state index in [2.05, 4.69) is 4.98 Å². The first-order chi connectivity index (χ1) is 9.93. The third kappa shape index (κ3) is 3.24. The molecule has 0 radical (unpaired) electrons. The molecule has 0 spiro atoms. The Morgan fingerprint density at radius 2 is 1.95 bits per heavy atom. The lowest BCUT2D eigenvalue weighted by Gasteiger charge is -2.12. The smallest absolute Gasteiger partial charge is 0.258 e. The first-order valence-corrected chi connectivity index (χ1v) is 6.73. The van der Waals surface area contributed by atoms with Crippen LogP contribution in [0.15, 0.2) is 30.3 Å². The van der Waals surface area contributed by atoms with Crippen molar-refractivity contribution in [2.45, 2.75) is 5.92 Å². The van der Waals surface area contributed by atoms with Gasteiger partial charge in [-0.15, -0.1) is 0 Å². The molecule has 5 nitrogen and oxygen atoms in total. The monoisotopic (exact) mass is 341 g/mol. The van der Waals surface area contributed by atoms with Gasteiger partial charge in [-0.05, 0) is 29.8 Å². The predicted molar refractivity (Wildman–Crippen MR) is 79.8 cm³/mol. The maximum Gasteiger partial charge on any atom is 0.292 e. The number of nitro groups is 1. The molecule has 0 aliphatic carbocycles. The minimum absolute atomic E-state index is 0.0500. The summed E-state index contributed by atoms with van der Waals surface area (Å²) in [7, 11) is 0. The zero-order chi connectivity index (χ0) is 15.6. The summed E-state index contributed by atoms with van der Waals surface area (Å²) in [6.07, 6.45) is 0. The van der Waals surface area contributed by atoms with Crippen molar-refractivity contribution in [3.63, 3.8) is 0 Å². The van der Waals surface area contributed by atoms with Gasteiger partial charge in [-0.3, -0.25) is 10.1 Å². The Morgan fingerprint density at radius 1 is 1.24 bits per heavy atom. The molecule has 0 saturated carbocycles. The van der Waals surface area contributed by atoms with Crippen LogP contribution in [0.3, 0.4) is 0 Å². The fraction of sp³-hybridized carbons (Fsp3) is 0.0769. The molecule has 8 heteroatoms. The van der Waals surface area contributed by atoms with Crippen LogP contribution < -0.4 is 0 Å². The second-order valence-electron chi connectivity index (χ2n) is 4.02. The molecule has 21 heavy (non-hydrogen) atoms. The third-order valence-corrected chi connectivity index (χ3v) is 3.53. The van der Waals surface area contributed by atoms with Gasteiger partial charge in [-0.2, -0.15) is 5.26 Å². The van der Waals surface area contributed by atoms with Crippen LogP contribution in [0, 0.1) is 21.4 Å². The summed E-state index contributed by atoms with van der Waals surface area (Å²) in [4.78, 5) is 14.4. The van der Waals surface area contributed by atoms with Crippen LogP contribution in [0.25, 0.3) is 0 Å². The predicted octanol–water partition coefficient (Wildman–Crippen LogP) is 4.61. The Hall–Kier alpha value is -1.87. The summed E-state index contributed by atoms with van der Waals surface area (Å²) in [5.74, 6) is -1.05. The molecule has 1 atom stereocenters. The van der Waals surface area contributed by atoms with Crippen LogP contribution in [0.5, 0.6) is 0 Å². The average molecular weight is 343 g/mol. The van der Waals surface area contributed by atoms with Gasteiger partial charge >= 0.3 is 0 Å². The van der Waals surface area contributed by atoms with Gasteiger partial charge in [0.1, 0.15) is 16.8 Å². The maximum absolute atomic E-state index is 11.1. The number of benzene rings is 1. The Balaban J connectivity index is 2.67. The lowest BCUT2D eigenvalue weighted by Crippen LogP contribution is -2.06. The second-order valence-corrected chi connectivity index (χ2v) is 5.25. The highest BCUT2D eigenvalue weighted by Crippen LogP contribution is 2.35. The van der Waals surface area contributed by atoms with Crippen molar-refractivity contribution in [2.75, 3.05) is 0 Å². The summed E-state index contributed by atoms with van der Waals surface area (Å²) < 4.78 is 0. The number of nitrogens with zero attached hydrogens (tertiary/aromatic N) is 3. The first kappa shape index (κ1) is 15.5. The number of rotatable bonds is 3. The zero-order valence-electron chi connectivity index (χ0n) is 10.3. The lowest BCUT2D eigenvalue weighted by molar-refractivity contribution is -0.386. The topological polar surface area (TPSA) is 79.8 Å². The largest absolute Gasteiger partial charge is 0.292 e. The summed E-state index contributed by atoms with van der Waals surface area (Å²) >= 11 is 17.7. The van der Waals surface area contributed by atoms with Crippen molar-refractivity contribution in [1.29, 1.82) is 5.26 Å².